The fraction of sp³-hybridized carbons (Fsp3) is 0.400. The van der Waals surface area contributed by atoms with Crippen LogP contribution >= 0.6 is 7.92 Å². The number of hydrogen-bond acceptors (Lipinski definition) is 0. The summed E-state index contributed by atoms with van der Waals surface area (Å²) in [5, 5.41) is 3.06. The van der Waals surface area contributed by atoms with Gasteiger partial charge < -0.3 is 0 Å². The molecule has 0 fully saturated rings. The summed E-state index contributed by atoms with van der Waals surface area (Å²) in [6, 6.07) is 22.3. The Kier molecular flexibility index (Phi) is 6.96. The Hall–Kier alpha value is -1.13. The van der Waals surface area contributed by atoms with E-state index in [1.54, 1.807) is 0 Å². The summed E-state index contributed by atoms with van der Waals surface area (Å²) < 4.78 is 0. The maximum atomic E-state index is 2.36. The van der Waals surface area contributed by atoms with E-state index >= 15 is 0 Å². The maximum absolute atomic E-state index is 2.36. The summed E-state index contributed by atoms with van der Waals surface area (Å²) in [4.78, 5) is 0. The third-order valence-corrected chi connectivity index (χ3v) is 7.11. The van der Waals surface area contributed by atoms with E-state index in [9.17, 15) is 0 Å². The van der Waals surface area contributed by atoms with Crippen LogP contribution < -0.4 is 10.6 Å². The van der Waals surface area contributed by atoms with Gasteiger partial charge in [-0.2, -0.15) is 0 Å². The number of rotatable bonds is 8. The van der Waals surface area contributed by atoms with Crippen molar-refractivity contribution in [2.24, 2.45) is 0 Å². The first-order valence-electron chi connectivity index (χ1n) is 8.26. The van der Waals surface area contributed by atoms with Crippen LogP contribution in [-0.4, -0.2) is 5.66 Å². The highest BCUT2D eigenvalue weighted by molar-refractivity contribution is 7.73. The average molecular weight is 298 g/mol. The average Bonchev–Trinajstić information content (AvgIpc) is 2.56. The molecule has 0 spiro atoms. The van der Waals surface area contributed by atoms with Crippen LogP contribution in [0.5, 0.6) is 0 Å². The fourth-order valence-corrected chi connectivity index (χ4v) is 5.83. The molecule has 112 valence electrons. The van der Waals surface area contributed by atoms with E-state index in [1.807, 2.05) is 0 Å². The molecule has 0 bridgehead atoms. The zero-order valence-corrected chi connectivity index (χ0v) is 14.2. The van der Waals surface area contributed by atoms with Gasteiger partial charge in [-0.05, 0) is 37.0 Å². The van der Waals surface area contributed by atoms with Crippen molar-refractivity contribution in [1.82, 2.24) is 0 Å². The number of unbranched alkanes of at least 4 members (excludes halogenated alkanes) is 2. The van der Waals surface area contributed by atoms with Gasteiger partial charge in [-0.15, -0.1) is 0 Å². The maximum Gasteiger partial charge on any atom is -0.0131 e. The second-order valence-corrected chi connectivity index (χ2v) is 8.10. The molecule has 2 aromatic rings. The molecule has 0 N–H and O–H groups in total. The minimum Gasteiger partial charge on any atom is -0.0654 e. The second-order valence-electron chi connectivity index (χ2n) is 5.60. The van der Waals surface area contributed by atoms with Crippen LogP contribution in [0.3, 0.4) is 0 Å². The molecule has 0 aliphatic heterocycles. The van der Waals surface area contributed by atoms with Gasteiger partial charge in [0.05, 0.1) is 0 Å². The summed E-state index contributed by atoms with van der Waals surface area (Å²) in [5.41, 5.74) is 0.802. The van der Waals surface area contributed by atoms with Crippen LogP contribution in [-0.2, 0) is 0 Å². The van der Waals surface area contributed by atoms with E-state index in [-0.39, 0.29) is 7.92 Å². The molecule has 0 saturated carbocycles. The van der Waals surface area contributed by atoms with Crippen LogP contribution in [0.2, 0.25) is 0 Å². The van der Waals surface area contributed by atoms with Crippen LogP contribution in [0.1, 0.15) is 46.0 Å². The van der Waals surface area contributed by atoms with Crippen LogP contribution in [0, 0.1) is 0 Å². The Morgan fingerprint density at radius 3 is 1.71 bits per heavy atom. The van der Waals surface area contributed by atoms with E-state index < -0.39 is 0 Å². The molecule has 0 heterocycles. The first kappa shape index (κ1) is 16.2. The Labute approximate surface area is 131 Å². The minimum atomic E-state index is -0.231. The summed E-state index contributed by atoms with van der Waals surface area (Å²) in [5.74, 6) is 0. The van der Waals surface area contributed by atoms with E-state index in [0.29, 0.717) is 0 Å². The molecule has 1 unspecified atom stereocenters. The van der Waals surface area contributed by atoms with Crippen molar-refractivity contribution in [3.05, 3.63) is 60.7 Å². The lowest BCUT2D eigenvalue weighted by molar-refractivity contribution is 0.632. The molecule has 0 aliphatic carbocycles. The molecule has 0 nitrogen and oxygen atoms in total. The molecule has 0 saturated heterocycles. The highest BCUT2D eigenvalue weighted by atomic mass is 31.1. The predicted molar refractivity (Wildman–Crippen MR) is 97.3 cm³/mol. The molecular weight excluding hydrogens is 271 g/mol. The molecule has 1 heteroatoms. The van der Waals surface area contributed by atoms with Gasteiger partial charge >= 0.3 is 0 Å². The van der Waals surface area contributed by atoms with Crippen molar-refractivity contribution in [2.45, 2.75) is 51.6 Å². The van der Waals surface area contributed by atoms with Gasteiger partial charge in [0.25, 0.3) is 0 Å². The molecular formula is C20H27P. The van der Waals surface area contributed by atoms with Gasteiger partial charge in [0.1, 0.15) is 0 Å². The smallest absolute Gasteiger partial charge is 0.0131 e. The predicted octanol–water partition coefficient (Wildman–Crippen LogP) is 5.48. The number of benzene rings is 2. The molecule has 0 aliphatic rings. The Morgan fingerprint density at radius 1 is 0.762 bits per heavy atom. The van der Waals surface area contributed by atoms with E-state index in [4.69, 9.17) is 0 Å². The van der Waals surface area contributed by atoms with E-state index in [1.165, 1.54) is 42.7 Å². The lowest BCUT2D eigenvalue weighted by Gasteiger charge is -2.28. The topological polar surface area (TPSA) is 0 Å². The van der Waals surface area contributed by atoms with Crippen molar-refractivity contribution >= 4 is 18.5 Å². The van der Waals surface area contributed by atoms with Gasteiger partial charge in [0, 0.05) is 0 Å². The molecule has 0 aromatic heterocycles. The second kappa shape index (κ2) is 9.00. The Bertz CT molecular complexity index is 452. The van der Waals surface area contributed by atoms with Crippen molar-refractivity contribution in [3.63, 3.8) is 0 Å². The van der Waals surface area contributed by atoms with Crippen LogP contribution in [0.25, 0.3) is 0 Å². The van der Waals surface area contributed by atoms with E-state index in [2.05, 4.69) is 74.5 Å². The summed E-state index contributed by atoms with van der Waals surface area (Å²) >= 11 is 0. The standard InChI is InChI=1S/C20H27P/c1-3-5-8-13-18(4-2)21(19-14-9-6-10-15-19)20-16-11-7-12-17-20/h6-7,9-12,14-18H,3-5,8,13H2,1-2H3. The highest BCUT2D eigenvalue weighted by Crippen LogP contribution is 2.43. The van der Waals surface area contributed by atoms with Crippen molar-refractivity contribution < 1.29 is 0 Å². The zero-order valence-electron chi connectivity index (χ0n) is 13.3. The van der Waals surface area contributed by atoms with E-state index in [0.717, 1.165) is 5.66 Å². The first-order valence-corrected chi connectivity index (χ1v) is 9.67. The lowest BCUT2D eigenvalue weighted by atomic mass is 10.1. The van der Waals surface area contributed by atoms with Gasteiger partial charge in [-0.1, -0.05) is 93.8 Å². The fourth-order valence-electron chi connectivity index (χ4n) is 2.89. The zero-order chi connectivity index (χ0) is 14.9. The summed E-state index contributed by atoms with van der Waals surface area (Å²) in [6.45, 7) is 4.65. The number of hydrogen-bond donors (Lipinski definition) is 0. The lowest BCUT2D eigenvalue weighted by Crippen LogP contribution is -2.21. The third-order valence-electron chi connectivity index (χ3n) is 4.05. The molecule has 2 aromatic carbocycles. The Morgan fingerprint density at radius 2 is 1.29 bits per heavy atom. The van der Waals surface area contributed by atoms with Gasteiger partial charge in [-0.3, -0.25) is 0 Å². The molecule has 0 amide bonds. The molecule has 0 radical (unpaired) electrons. The Balaban J connectivity index is 2.27. The van der Waals surface area contributed by atoms with Gasteiger partial charge in [0.15, 0.2) is 0 Å². The van der Waals surface area contributed by atoms with Crippen LogP contribution in [0.15, 0.2) is 60.7 Å². The van der Waals surface area contributed by atoms with Crippen molar-refractivity contribution in [2.75, 3.05) is 0 Å². The molecule has 1 atom stereocenters. The quantitative estimate of drug-likeness (QED) is 0.447. The summed E-state index contributed by atoms with van der Waals surface area (Å²) in [6.07, 6.45) is 6.68. The third kappa shape index (κ3) is 4.68. The largest absolute Gasteiger partial charge is 0.0654 e. The van der Waals surface area contributed by atoms with Gasteiger partial charge in [0.2, 0.25) is 0 Å². The molecule has 21 heavy (non-hydrogen) atoms. The minimum absolute atomic E-state index is 0.231. The van der Waals surface area contributed by atoms with Crippen molar-refractivity contribution in [1.29, 1.82) is 0 Å². The van der Waals surface area contributed by atoms with Crippen LogP contribution in [0.4, 0.5) is 0 Å². The highest BCUT2D eigenvalue weighted by Gasteiger charge is 2.22. The molecule has 2 rings (SSSR count). The SMILES string of the molecule is CCCCCC(CC)P(c1ccccc1)c1ccccc1. The monoisotopic (exact) mass is 298 g/mol. The van der Waals surface area contributed by atoms with Gasteiger partial charge in [-0.25, -0.2) is 0 Å². The first-order chi connectivity index (χ1) is 10.4. The normalized spacial score (nSPS) is 12.5. The summed E-state index contributed by atoms with van der Waals surface area (Å²) in [7, 11) is -0.231. The van der Waals surface area contributed by atoms with Crippen molar-refractivity contribution in [3.8, 4) is 0 Å².